The van der Waals surface area contributed by atoms with Gasteiger partial charge >= 0.3 is 5.97 Å². The largest absolute Gasteiger partial charge is 0.493 e. The van der Waals surface area contributed by atoms with Crippen LogP contribution in [0.25, 0.3) is 5.69 Å². The zero-order valence-corrected chi connectivity index (χ0v) is 16.4. The molecule has 7 nitrogen and oxygen atoms in total. The van der Waals surface area contributed by atoms with Gasteiger partial charge in [0.2, 0.25) is 5.69 Å². The van der Waals surface area contributed by atoms with E-state index in [2.05, 4.69) is 10.4 Å². The van der Waals surface area contributed by atoms with Gasteiger partial charge in [-0.2, -0.15) is 5.10 Å². The van der Waals surface area contributed by atoms with Gasteiger partial charge in [0.1, 0.15) is 0 Å². The number of hydrogen-bond acceptors (Lipinski definition) is 5. The molecule has 0 saturated carbocycles. The molecule has 7 heteroatoms. The first-order chi connectivity index (χ1) is 14.1. The number of aromatic nitrogens is 2. The number of hydrogen-bond donors (Lipinski definition) is 1. The van der Waals surface area contributed by atoms with E-state index < -0.39 is 12.1 Å². The fourth-order valence-corrected chi connectivity index (χ4v) is 2.75. The molecule has 0 aliphatic rings. The monoisotopic (exact) mass is 393 g/mol. The third kappa shape index (κ3) is 5.22. The molecular weight excluding hydrogens is 370 g/mol. The number of nitrogens with one attached hydrogen (secondary N) is 1. The summed E-state index contributed by atoms with van der Waals surface area (Å²) in [5, 5.41) is 7.03. The van der Waals surface area contributed by atoms with Crippen LogP contribution in [-0.2, 0) is 16.0 Å². The highest BCUT2D eigenvalue weighted by atomic mass is 16.6. The van der Waals surface area contributed by atoms with Gasteiger partial charge < -0.3 is 14.8 Å². The van der Waals surface area contributed by atoms with Crippen LogP contribution in [0.5, 0.6) is 5.75 Å². The molecule has 0 spiro atoms. The Morgan fingerprint density at radius 3 is 2.38 bits per heavy atom. The van der Waals surface area contributed by atoms with E-state index in [0.717, 1.165) is 11.3 Å². The van der Waals surface area contributed by atoms with Crippen molar-refractivity contribution in [2.45, 2.75) is 19.4 Å². The Bertz CT molecular complexity index is 955. The van der Waals surface area contributed by atoms with Crippen LogP contribution in [0.2, 0.25) is 0 Å². The Morgan fingerprint density at radius 1 is 1.07 bits per heavy atom. The van der Waals surface area contributed by atoms with E-state index in [1.54, 1.807) is 6.20 Å². The van der Waals surface area contributed by atoms with Gasteiger partial charge in [-0.05, 0) is 31.0 Å². The number of methoxy groups -OCH3 is 1. The SMILES string of the molecule is COc1cn(-c2ccccc2)nc1C(=O)O[C@H](C)C(=O)NCCc1ccccc1. The Labute approximate surface area is 169 Å². The molecule has 1 aromatic heterocycles. The third-order valence-corrected chi connectivity index (χ3v) is 4.32. The van der Waals surface area contributed by atoms with Crippen LogP contribution in [0.15, 0.2) is 66.9 Å². The molecule has 0 radical (unpaired) electrons. The molecule has 0 unspecified atom stereocenters. The summed E-state index contributed by atoms with van der Waals surface area (Å²) < 4.78 is 12.1. The van der Waals surface area contributed by atoms with Gasteiger partial charge in [-0.3, -0.25) is 4.79 Å². The molecule has 0 aliphatic heterocycles. The van der Waals surface area contributed by atoms with E-state index in [0.29, 0.717) is 13.0 Å². The minimum absolute atomic E-state index is 0.0142. The fraction of sp³-hybridized carbons (Fsp3) is 0.227. The van der Waals surface area contributed by atoms with E-state index in [1.165, 1.54) is 18.7 Å². The number of rotatable bonds is 8. The lowest BCUT2D eigenvalue weighted by Gasteiger charge is -2.13. The first kappa shape index (κ1) is 20.1. The molecule has 0 fully saturated rings. The van der Waals surface area contributed by atoms with Crippen molar-refractivity contribution in [2.24, 2.45) is 0 Å². The van der Waals surface area contributed by atoms with E-state index in [1.807, 2.05) is 60.7 Å². The highest BCUT2D eigenvalue weighted by Crippen LogP contribution is 2.20. The van der Waals surface area contributed by atoms with Gasteiger partial charge in [0.15, 0.2) is 11.9 Å². The highest BCUT2D eigenvalue weighted by molar-refractivity contribution is 5.92. The van der Waals surface area contributed by atoms with Gasteiger partial charge in [0.25, 0.3) is 5.91 Å². The van der Waals surface area contributed by atoms with Gasteiger partial charge in [-0.15, -0.1) is 0 Å². The van der Waals surface area contributed by atoms with Gasteiger partial charge in [-0.25, -0.2) is 9.48 Å². The van der Waals surface area contributed by atoms with Crippen molar-refractivity contribution in [2.75, 3.05) is 13.7 Å². The van der Waals surface area contributed by atoms with Crippen LogP contribution >= 0.6 is 0 Å². The average Bonchev–Trinajstić information content (AvgIpc) is 3.20. The zero-order valence-electron chi connectivity index (χ0n) is 16.4. The quantitative estimate of drug-likeness (QED) is 0.595. The number of para-hydroxylation sites is 1. The summed E-state index contributed by atoms with van der Waals surface area (Å²) in [6.07, 6.45) is 1.34. The van der Waals surface area contributed by atoms with Crippen LogP contribution in [0.4, 0.5) is 0 Å². The molecule has 0 saturated heterocycles. The molecule has 1 atom stereocenters. The molecule has 0 bridgehead atoms. The maximum atomic E-state index is 12.5. The average molecular weight is 393 g/mol. The molecular formula is C22H23N3O4. The van der Waals surface area contributed by atoms with Crippen LogP contribution in [-0.4, -0.2) is 41.4 Å². The van der Waals surface area contributed by atoms with Crippen molar-refractivity contribution >= 4 is 11.9 Å². The molecule has 1 heterocycles. The predicted octanol–water partition coefficient (Wildman–Crippen LogP) is 2.79. The normalized spacial score (nSPS) is 11.5. The number of amides is 1. The van der Waals surface area contributed by atoms with Gasteiger partial charge in [0.05, 0.1) is 19.0 Å². The summed E-state index contributed by atoms with van der Waals surface area (Å²) in [6, 6.07) is 19.1. The summed E-state index contributed by atoms with van der Waals surface area (Å²) in [5.74, 6) is -0.812. The second kappa shape index (κ2) is 9.54. The Balaban J connectivity index is 1.59. The summed E-state index contributed by atoms with van der Waals surface area (Å²) >= 11 is 0. The smallest absolute Gasteiger partial charge is 0.363 e. The molecule has 0 aliphatic carbocycles. The topological polar surface area (TPSA) is 82.5 Å². The Kier molecular flexibility index (Phi) is 6.63. The van der Waals surface area contributed by atoms with Crippen molar-refractivity contribution in [3.63, 3.8) is 0 Å². The number of benzene rings is 2. The summed E-state index contributed by atoms with van der Waals surface area (Å²) in [7, 11) is 1.45. The maximum Gasteiger partial charge on any atom is 0.363 e. The molecule has 29 heavy (non-hydrogen) atoms. The third-order valence-electron chi connectivity index (χ3n) is 4.32. The van der Waals surface area contributed by atoms with Crippen molar-refractivity contribution in [1.82, 2.24) is 15.1 Å². The Morgan fingerprint density at radius 2 is 1.72 bits per heavy atom. The number of carbonyl (C=O) groups is 2. The van der Waals surface area contributed by atoms with Crippen molar-refractivity contribution in [3.05, 3.63) is 78.1 Å². The van der Waals surface area contributed by atoms with Crippen LogP contribution in [0.1, 0.15) is 23.0 Å². The lowest BCUT2D eigenvalue weighted by atomic mass is 10.1. The summed E-state index contributed by atoms with van der Waals surface area (Å²) in [6.45, 7) is 1.98. The Hall–Kier alpha value is -3.61. The standard InChI is InChI=1S/C22H23N3O4/c1-16(21(26)23-14-13-17-9-5-3-6-10-17)29-22(27)20-19(28-2)15-25(24-20)18-11-7-4-8-12-18/h3-12,15-16H,13-14H2,1-2H3,(H,23,26)/t16-/m1/s1. The zero-order chi connectivity index (χ0) is 20.6. The summed E-state index contributed by atoms with van der Waals surface area (Å²) in [5.41, 5.74) is 1.91. The second-order valence-electron chi connectivity index (χ2n) is 6.40. The van der Waals surface area contributed by atoms with Gasteiger partial charge in [0, 0.05) is 6.54 Å². The molecule has 3 aromatic rings. The van der Waals surface area contributed by atoms with E-state index >= 15 is 0 Å². The van der Waals surface area contributed by atoms with Crippen molar-refractivity contribution in [1.29, 1.82) is 0 Å². The molecule has 1 amide bonds. The maximum absolute atomic E-state index is 12.5. The fourth-order valence-electron chi connectivity index (χ4n) is 2.75. The van der Waals surface area contributed by atoms with Crippen LogP contribution in [0, 0.1) is 0 Å². The minimum atomic E-state index is -0.954. The molecule has 1 N–H and O–H groups in total. The van der Waals surface area contributed by atoms with E-state index in [-0.39, 0.29) is 17.4 Å². The molecule has 3 rings (SSSR count). The number of carbonyl (C=O) groups excluding carboxylic acids is 2. The second-order valence-corrected chi connectivity index (χ2v) is 6.40. The molecule has 150 valence electrons. The number of nitrogens with zero attached hydrogens (tertiary/aromatic N) is 2. The highest BCUT2D eigenvalue weighted by Gasteiger charge is 2.24. The first-order valence-electron chi connectivity index (χ1n) is 9.30. The van der Waals surface area contributed by atoms with Crippen molar-refractivity contribution < 1.29 is 19.1 Å². The molecule has 2 aromatic carbocycles. The predicted molar refractivity (Wildman–Crippen MR) is 108 cm³/mol. The summed E-state index contributed by atoms with van der Waals surface area (Å²) in [4.78, 5) is 24.8. The first-order valence-corrected chi connectivity index (χ1v) is 9.30. The lowest BCUT2D eigenvalue weighted by molar-refractivity contribution is -0.129. The van der Waals surface area contributed by atoms with Crippen molar-refractivity contribution in [3.8, 4) is 11.4 Å². The van der Waals surface area contributed by atoms with Gasteiger partial charge in [-0.1, -0.05) is 48.5 Å². The minimum Gasteiger partial charge on any atom is -0.493 e. The van der Waals surface area contributed by atoms with E-state index in [4.69, 9.17) is 9.47 Å². The lowest BCUT2D eigenvalue weighted by Crippen LogP contribution is -2.37. The van der Waals surface area contributed by atoms with E-state index in [9.17, 15) is 9.59 Å². The number of ether oxygens (including phenoxy) is 2. The van der Waals surface area contributed by atoms with Crippen LogP contribution in [0.3, 0.4) is 0 Å². The van der Waals surface area contributed by atoms with Crippen LogP contribution < -0.4 is 10.1 Å². The number of esters is 1.